The second-order valence-corrected chi connectivity index (χ2v) is 3.66. The Labute approximate surface area is 94.3 Å². The number of rotatable bonds is 2. The molecule has 0 amide bonds. The molecule has 0 spiro atoms. The smallest absolute Gasteiger partial charge is 0.128 e. The second kappa shape index (κ2) is 4.28. The average Bonchev–Trinajstić information content (AvgIpc) is 2.29. The molecule has 4 heteroatoms. The van der Waals surface area contributed by atoms with Crippen LogP contribution in [0.5, 0.6) is 0 Å². The molecule has 1 unspecified atom stereocenters. The summed E-state index contributed by atoms with van der Waals surface area (Å²) in [4.78, 5) is 8.31. The molecule has 0 aromatic carbocycles. The third-order valence-corrected chi connectivity index (χ3v) is 2.55. The summed E-state index contributed by atoms with van der Waals surface area (Å²) in [5.74, 6) is 0.458. The van der Waals surface area contributed by atoms with Crippen LogP contribution in [-0.4, -0.2) is 9.97 Å². The molecule has 2 heterocycles. The van der Waals surface area contributed by atoms with Crippen molar-refractivity contribution in [3.05, 3.63) is 53.5 Å². The van der Waals surface area contributed by atoms with Crippen molar-refractivity contribution in [3.63, 3.8) is 0 Å². The summed E-state index contributed by atoms with van der Waals surface area (Å²) in [6, 6.07) is 7.24. The van der Waals surface area contributed by atoms with Crippen LogP contribution >= 0.6 is 0 Å². The Balaban J connectivity index is 2.44. The predicted octanol–water partition coefficient (Wildman–Crippen LogP) is 1.42. The van der Waals surface area contributed by atoms with E-state index in [9.17, 15) is 0 Å². The highest BCUT2D eigenvalue weighted by Crippen LogP contribution is 2.23. The molecule has 4 N–H and O–H groups in total. The molecule has 2 aromatic heterocycles. The van der Waals surface area contributed by atoms with Crippen molar-refractivity contribution in [1.29, 1.82) is 0 Å². The average molecular weight is 214 g/mol. The van der Waals surface area contributed by atoms with E-state index in [1.807, 2.05) is 31.2 Å². The zero-order valence-corrected chi connectivity index (χ0v) is 9.09. The van der Waals surface area contributed by atoms with Gasteiger partial charge in [-0.2, -0.15) is 0 Å². The van der Waals surface area contributed by atoms with Crippen molar-refractivity contribution in [2.75, 3.05) is 5.73 Å². The van der Waals surface area contributed by atoms with Crippen molar-refractivity contribution in [1.82, 2.24) is 9.97 Å². The monoisotopic (exact) mass is 214 g/mol. The highest BCUT2D eigenvalue weighted by atomic mass is 14.9. The van der Waals surface area contributed by atoms with Crippen LogP contribution < -0.4 is 11.5 Å². The van der Waals surface area contributed by atoms with E-state index in [0.717, 1.165) is 16.8 Å². The lowest BCUT2D eigenvalue weighted by Gasteiger charge is -2.14. The summed E-state index contributed by atoms with van der Waals surface area (Å²) in [6.45, 7) is 1.98. The number of nitrogens with zero attached hydrogens (tertiary/aromatic N) is 2. The van der Waals surface area contributed by atoms with Gasteiger partial charge < -0.3 is 11.5 Å². The zero-order chi connectivity index (χ0) is 11.5. The number of hydrogen-bond acceptors (Lipinski definition) is 4. The molecule has 82 valence electrons. The fraction of sp³-hybridized carbons (Fsp3) is 0.167. The minimum absolute atomic E-state index is 0.324. The Bertz CT molecular complexity index is 450. The number of nitrogens with two attached hydrogens (primary N) is 2. The lowest BCUT2D eigenvalue weighted by atomic mass is 10.0. The van der Waals surface area contributed by atoms with Gasteiger partial charge in [-0.3, -0.25) is 4.98 Å². The molecule has 0 saturated heterocycles. The highest BCUT2D eigenvalue weighted by molar-refractivity contribution is 5.45. The van der Waals surface area contributed by atoms with Crippen LogP contribution in [0.2, 0.25) is 0 Å². The number of anilines is 1. The maximum Gasteiger partial charge on any atom is 0.128 e. The molecule has 0 bridgehead atoms. The number of nitrogen functional groups attached to an aromatic ring is 1. The topological polar surface area (TPSA) is 77.8 Å². The maximum absolute atomic E-state index is 6.14. The Morgan fingerprint density at radius 3 is 2.50 bits per heavy atom. The van der Waals surface area contributed by atoms with Gasteiger partial charge in [0.15, 0.2) is 0 Å². The fourth-order valence-electron chi connectivity index (χ4n) is 1.66. The number of aromatic nitrogens is 2. The van der Waals surface area contributed by atoms with Crippen molar-refractivity contribution in [3.8, 4) is 0 Å². The number of hydrogen-bond donors (Lipinski definition) is 2. The van der Waals surface area contributed by atoms with Crippen LogP contribution in [0.3, 0.4) is 0 Å². The SMILES string of the molecule is Cc1cccnc1C(N)c1cccnc1N. The van der Waals surface area contributed by atoms with Gasteiger partial charge in [-0.25, -0.2) is 4.98 Å². The Morgan fingerprint density at radius 2 is 1.81 bits per heavy atom. The van der Waals surface area contributed by atoms with E-state index in [-0.39, 0.29) is 6.04 Å². The van der Waals surface area contributed by atoms with Gasteiger partial charge in [0.25, 0.3) is 0 Å². The first-order chi connectivity index (χ1) is 7.70. The second-order valence-electron chi connectivity index (χ2n) is 3.66. The first-order valence-corrected chi connectivity index (χ1v) is 5.07. The number of pyridine rings is 2. The summed E-state index contributed by atoms with van der Waals surface area (Å²) in [7, 11) is 0. The molecular weight excluding hydrogens is 200 g/mol. The summed E-state index contributed by atoms with van der Waals surface area (Å²) in [6.07, 6.45) is 3.38. The van der Waals surface area contributed by atoms with Crippen molar-refractivity contribution < 1.29 is 0 Å². The van der Waals surface area contributed by atoms with Gasteiger partial charge in [-0.1, -0.05) is 12.1 Å². The largest absolute Gasteiger partial charge is 0.383 e. The van der Waals surface area contributed by atoms with Gasteiger partial charge in [0.05, 0.1) is 11.7 Å². The van der Waals surface area contributed by atoms with Crippen LogP contribution in [-0.2, 0) is 0 Å². The third-order valence-electron chi connectivity index (χ3n) is 2.55. The lowest BCUT2D eigenvalue weighted by Crippen LogP contribution is -2.17. The summed E-state index contributed by atoms with van der Waals surface area (Å²) >= 11 is 0. The molecule has 0 aliphatic carbocycles. The highest BCUT2D eigenvalue weighted by Gasteiger charge is 2.15. The first kappa shape index (κ1) is 10.6. The molecular formula is C12H14N4. The van der Waals surface area contributed by atoms with E-state index in [2.05, 4.69) is 9.97 Å². The van der Waals surface area contributed by atoms with Crippen molar-refractivity contribution in [2.24, 2.45) is 5.73 Å². The van der Waals surface area contributed by atoms with E-state index in [0.29, 0.717) is 5.82 Å². The van der Waals surface area contributed by atoms with E-state index in [4.69, 9.17) is 11.5 Å². The molecule has 0 aliphatic rings. The summed E-state index contributed by atoms with van der Waals surface area (Å²) in [5, 5.41) is 0. The predicted molar refractivity (Wildman–Crippen MR) is 63.7 cm³/mol. The normalized spacial score (nSPS) is 12.4. The summed E-state index contributed by atoms with van der Waals surface area (Å²) < 4.78 is 0. The minimum atomic E-state index is -0.324. The quantitative estimate of drug-likeness (QED) is 0.792. The van der Waals surface area contributed by atoms with Crippen LogP contribution in [0.4, 0.5) is 5.82 Å². The Morgan fingerprint density at radius 1 is 1.12 bits per heavy atom. The third kappa shape index (κ3) is 1.87. The zero-order valence-electron chi connectivity index (χ0n) is 9.09. The Kier molecular flexibility index (Phi) is 2.83. The molecule has 2 aromatic rings. The minimum Gasteiger partial charge on any atom is -0.383 e. The van der Waals surface area contributed by atoms with E-state index >= 15 is 0 Å². The molecule has 0 radical (unpaired) electrons. The van der Waals surface area contributed by atoms with E-state index in [1.54, 1.807) is 12.4 Å². The van der Waals surface area contributed by atoms with Crippen molar-refractivity contribution >= 4 is 5.82 Å². The molecule has 0 fully saturated rings. The molecule has 0 saturated carbocycles. The fourth-order valence-corrected chi connectivity index (χ4v) is 1.66. The van der Waals surface area contributed by atoms with Gasteiger partial charge >= 0.3 is 0 Å². The van der Waals surface area contributed by atoms with Crippen LogP contribution in [0, 0.1) is 6.92 Å². The standard InChI is InChI=1S/C12H14N4/c1-8-4-2-6-15-11(8)10(13)9-5-3-7-16-12(9)14/h2-7,10H,13H2,1H3,(H2,14,16). The maximum atomic E-state index is 6.14. The van der Waals surface area contributed by atoms with Crippen molar-refractivity contribution in [2.45, 2.75) is 13.0 Å². The number of aryl methyl sites for hydroxylation is 1. The van der Waals surface area contributed by atoms with Gasteiger partial charge in [-0.05, 0) is 24.6 Å². The molecule has 2 rings (SSSR count). The van der Waals surface area contributed by atoms with Gasteiger partial charge in [-0.15, -0.1) is 0 Å². The van der Waals surface area contributed by atoms with E-state index in [1.165, 1.54) is 0 Å². The van der Waals surface area contributed by atoms with Gasteiger partial charge in [0.2, 0.25) is 0 Å². The lowest BCUT2D eigenvalue weighted by molar-refractivity contribution is 0.815. The molecule has 0 aliphatic heterocycles. The van der Waals surface area contributed by atoms with Crippen LogP contribution in [0.1, 0.15) is 22.9 Å². The van der Waals surface area contributed by atoms with Gasteiger partial charge in [0, 0.05) is 18.0 Å². The van der Waals surface area contributed by atoms with E-state index < -0.39 is 0 Å². The molecule has 4 nitrogen and oxygen atoms in total. The molecule has 1 atom stereocenters. The Hall–Kier alpha value is -1.94. The van der Waals surface area contributed by atoms with Crippen LogP contribution in [0.15, 0.2) is 36.7 Å². The van der Waals surface area contributed by atoms with Crippen LogP contribution in [0.25, 0.3) is 0 Å². The van der Waals surface area contributed by atoms with Gasteiger partial charge in [0.1, 0.15) is 5.82 Å². The molecule has 16 heavy (non-hydrogen) atoms. The summed E-state index contributed by atoms with van der Waals surface area (Å²) in [5.41, 5.74) is 14.6. The first-order valence-electron chi connectivity index (χ1n) is 5.07.